The molecule has 0 saturated heterocycles. The average molecular weight is 277 g/mol. The molecule has 0 atom stereocenters. The molecule has 1 aromatic heterocycles. The van der Waals surface area contributed by atoms with E-state index < -0.39 is 0 Å². The Morgan fingerprint density at radius 3 is 2.60 bits per heavy atom. The Bertz CT molecular complexity index is 588. The number of benzene rings is 1. The van der Waals surface area contributed by atoms with Crippen LogP contribution in [-0.2, 0) is 6.54 Å². The van der Waals surface area contributed by atoms with E-state index in [1.807, 2.05) is 20.2 Å². The van der Waals surface area contributed by atoms with E-state index in [0.717, 1.165) is 5.56 Å². The Morgan fingerprint density at radius 2 is 1.95 bits per heavy atom. The molecule has 0 fully saturated rings. The summed E-state index contributed by atoms with van der Waals surface area (Å²) in [5, 5.41) is 3.01. The van der Waals surface area contributed by atoms with Crippen molar-refractivity contribution in [1.29, 1.82) is 0 Å². The second kappa shape index (κ2) is 6.11. The van der Waals surface area contributed by atoms with Crippen LogP contribution in [0, 0.1) is 5.82 Å². The zero-order valence-corrected chi connectivity index (χ0v) is 11.3. The van der Waals surface area contributed by atoms with Gasteiger partial charge in [0.15, 0.2) is 0 Å². The maximum Gasteiger partial charge on any atom is 0.243 e. The van der Waals surface area contributed by atoms with Gasteiger partial charge in [-0.25, -0.2) is 10.2 Å². The van der Waals surface area contributed by atoms with Crippen molar-refractivity contribution in [3.05, 3.63) is 35.6 Å². The van der Waals surface area contributed by atoms with Gasteiger partial charge in [-0.2, -0.15) is 15.0 Å². The van der Waals surface area contributed by atoms with Crippen LogP contribution in [0.3, 0.4) is 0 Å². The van der Waals surface area contributed by atoms with Gasteiger partial charge in [0.25, 0.3) is 0 Å². The molecule has 2 aromatic rings. The largest absolute Gasteiger partial charge is 0.350 e. The van der Waals surface area contributed by atoms with Crippen LogP contribution in [0.1, 0.15) is 5.56 Å². The van der Waals surface area contributed by atoms with Crippen molar-refractivity contribution >= 4 is 17.8 Å². The minimum absolute atomic E-state index is 0.255. The highest BCUT2D eigenvalue weighted by atomic mass is 19.1. The summed E-state index contributed by atoms with van der Waals surface area (Å²) in [6.45, 7) is 0.401. The van der Waals surface area contributed by atoms with Crippen molar-refractivity contribution in [3.63, 3.8) is 0 Å². The van der Waals surface area contributed by atoms with E-state index in [9.17, 15) is 4.39 Å². The first-order valence-corrected chi connectivity index (χ1v) is 5.97. The molecule has 0 spiro atoms. The summed E-state index contributed by atoms with van der Waals surface area (Å²) in [6.07, 6.45) is 0. The second-order valence-electron chi connectivity index (χ2n) is 4.30. The lowest BCUT2D eigenvalue weighted by Crippen LogP contribution is -2.19. The van der Waals surface area contributed by atoms with Gasteiger partial charge in [-0.05, 0) is 17.7 Å². The van der Waals surface area contributed by atoms with E-state index in [1.165, 1.54) is 12.1 Å². The normalized spacial score (nSPS) is 10.2. The first-order valence-electron chi connectivity index (χ1n) is 5.97. The number of anilines is 3. The van der Waals surface area contributed by atoms with Crippen LogP contribution in [0.4, 0.5) is 22.2 Å². The molecular weight excluding hydrogens is 261 g/mol. The molecule has 0 aliphatic heterocycles. The highest BCUT2D eigenvalue weighted by Gasteiger charge is 2.07. The highest BCUT2D eigenvalue weighted by molar-refractivity contribution is 5.42. The van der Waals surface area contributed by atoms with Crippen LogP contribution in [-0.4, -0.2) is 29.0 Å². The molecule has 7 nitrogen and oxygen atoms in total. The van der Waals surface area contributed by atoms with Gasteiger partial charge in [0.2, 0.25) is 17.8 Å². The van der Waals surface area contributed by atoms with Gasteiger partial charge in [0.1, 0.15) is 5.82 Å². The molecule has 0 aliphatic carbocycles. The van der Waals surface area contributed by atoms with Crippen molar-refractivity contribution in [3.8, 4) is 0 Å². The monoisotopic (exact) mass is 277 g/mol. The molecule has 20 heavy (non-hydrogen) atoms. The number of nitrogen functional groups attached to an aromatic ring is 1. The number of aromatic nitrogens is 3. The van der Waals surface area contributed by atoms with E-state index in [4.69, 9.17) is 5.84 Å². The van der Waals surface area contributed by atoms with E-state index >= 15 is 0 Å². The number of rotatable bonds is 5. The summed E-state index contributed by atoms with van der Waals surface area (Å²) < 4.78 is 13.1. The van der Waals surface area contributed by atoms with Gasteiger partial charge in [0, 0.05) is 20.6 Å². The van der Waals surface area contributed by atoms with Gasteiger partial charge in [-0.1, -0.05) is 12.1 Å². The Kier molecular flexibility index (Phi) is 4.26. The minimum Gasteiger partial charge on any atom is -0.350 e. The number of nitrogens with zero attached hydrogens (tertiary/aromatic N) is 4. The molecule has 0 amide bonds. The van der Waals surface area contributed by atoms with E-state index in [-0.39, 0.29) is 11.8 Å². The van der Waals surface area contributed by atoms with Gasteiger partial charge in [-0.3, -0.25) is 5.43 Å². The Hall–Kier alpha value is -2.48. The molecule has 4 N–H and O–H groups in total. The van der Waals surface area contributed by atoms with Crippen LogP contribution in [0.15, 0.2) is 24.3 Å². The van der Waals surface area contributed by atoms with Gasteiger partial charge in [-0.15, -0.1) is 0 Å². The van der Waals surface area contributed by atoms with Crippen molar-refractivity contribution < 1.29 is 4.39 Å². The van der Waals surface area contributed by atoms with Crippen molar-refractivity contribution in [2.45, 2.75) is 6.54 Å². The molecule has 0 unspecified atom stereocenters. The highest BCUT2D eigenvalue weighted by Crippen LogP contribution is 2.12. The summed E-state index contributed by atoms with van der Waals surface area (Å²) in [5.74, 6) is 6.12. The van der Waals surface area contributed by atoms with Crippen molar-refractivity contribution in [2.75, 3.05) is 29.7 Å². The number of nitrogens with two attached hydrogens (primary N) is 1. The minimum atomic E-state index is -0.279. The average Bonchev–Trinajstić information content (AvgIpc) is 2.45. The van der Waals surface area contributed by atoms with Crippen LogP contribution in [0.25, 0.3) is 0 Å². The van der Waals surface area contributed by atoms with E-state index in [0.29, 0.717) is 18.4 Å². The zero-order chi connectivity index (χ0) is 14.5. The zero-order valence-electron chi connectivity index (χ0n) is 11.3. The Balaban J connectivity index is 2.14. The number of halogens is 1. The van der Waals surface area contributed by atoms with Gasteiger partial charge >= 0.3 is 0 Å². The maximum atomic E-state index is 13.1. The van der Waals surface area contributed by atoms with Crippen LogP contribution in [0.5, 0.6) is 0 Å². The molecule has 1 aromatic carbocycles. The SMILES string of the molecule is CN(C)c1nc(NN)nc(NCc2cccc(F)c2)n1. The fourth-order valence-electron chi connectivity index (χ4n) is 1.54. The lowest BCUT2D eigenvalue weighted by atomic mass is 10.2. The first kappa shape index (κ1) is 13.9. The summed E-state index contributed by atoms with van der Waals surface area (Å²) >= 11 is 0. The summed E-state index contributed by atoms with van der Waals surface area (Å²) in [4.78, 5) is 14.1. The quantitative estimate of drug-likeness (QED) is 0.554. The third kappa shape index (κ3) is 3.51. The van der Waals surface area contributed by atoms with Crippen LogP contribution < -0.4 is 21.5 Å². The predicted octanol–water partition coefficient (Wildman–Crippen LogP) is 0.974. The Morgan fingerprint density at radius 1 is 1.20 bits per heavy atom. The lowest BCUT2D eigenvalue weighted by molar-refractivity contribution is 0.626. The molecular formula is C12H16FN7. The molecule has 0 bridgehead atoms. The second-order valence-corrected chi connectivity index (χ2v) is 4.30. The number of hydrazine groups is 1. The fraction of sp³-hybridized carbons (Fsp3) is 0.250. The Labute approximate surface area is 116 Å². The van der Waals surface area contributed by atoms with E-state index in [1.54, 1.807) is 11.0 Å². The third-order valence-electron chi connectivity index (χ3n) is 2.49. The standard InChI is InChI=1S/C12H16FN7/c1-20(2)12-17-10(16-11(18-12)19-14)15-7-8-4-3-5-9(13)6-8/h3-6H,7,14H2,1-2H3,(H2,15,16,17,18,19). The number of hydrogen-bond acceptors (Lipinski definition) is 7. The lowest BCUT2D eigenvalue weighted by Gasteiger charge is -2.13. The molecule has 106 valence electrons. The van der Waals surface area contributed by atoms with Crippen molar-refractivity contribution in [2.24, 2.45) is 5.84 Å². The first-order chi connectivity index (χ1) is 9.58. The molecule has 1 heterocycles. The van der Waals surface area contributed by atoms with Gasteiger partial charge < -0.3 is 10.2 Å². The molecule has 0 aliphatic rings. The van der Waals surface area contributed by atoms with E-state index in [2.05, 4.69) is 25.7 Å². The van der Waals surface area contributed by atoms with Crippen LogP contribution in [0.2, 0.25) is 0 Å². The topological polar surface area (TPSA) is 92.0 Å². The summed E-state index contributed by atoms with van der Waals surface area (Å²) in [5.41, 5.74) is 3.17. The smallest absolute Gasteiger partial charge is 0.243 e. The number of nitrogens with one attached hydrogen (secondary N) is 2. The number of hydrogen-bond donors (Lipinski definition) is 3. The predicted molar refractivity (Wildman–Crippen MR) is 75.7 cm³/mol. The molecule has 2 rings (SSSR count). The molecule has 0 saturated carbocycles. The summed E-state index contributed by atoms with van der Waals surface area (Å²) in [6, 6.07) is 6.31. The van der Waals surface area contributed by atoms with Crippen molar-refractivity contribution in [1.82, 2.24) is 15.0 Å². The molecule has 0 radical (unpaired) electrons. The van der Waals surface area contributed by atoms with Crippen LogP contribution >= 0.6 is 0 Å². The molecule has 8 heteroatoms. The van der Waals surface area contributed by atoms with Gasteiger partial charge in [0.05, 0.1) is 0 Å². The fourth-order valence-corrected chi connectivity index (χ4v) is 1.54. The third-order valence-corrected chi connectivity index (χ3v) is 2.49. The maximum absolute atomic E-state index is 13.1. The summed E-state index contributed by atoms with van der Waals surface area (Å²) in [7, 11) is 3.62.